The molecule has 0 saturated carbocycles. The van der Waals surface area contributed by atoms with E-state index >= 15 is 0 Å². The first-order valence-corrected chi connectivity index (χ1v) is 13.3. The number of benzene rings is 3. The summed E-state index contributed by atoms with van der Waals surface area (Å²) < 4.78 is 40.6. The van der Waals surface area contributed by atoms with Crippen molar-refractivity contribution in [1.29, 1.82) is 0 Å². The highest BCUT2D eigenvalue weighted by atomic mass is 32.2. The third-order valence-electron chi connectivity index (χ3n) is 6.23. The summed E-state index contributed by atoms with van der Waals surface area (Å²) in [6, 6.07) is 24.9. The monoisotopic (exact) mass is 493 g/mol. The lowest BCUT2D eigenvalue weighted by atomic mass is 9.98. The average Bonchev–Trinajstić information content (AvgIpc) is 2.88. The van der Waals surface area contributed by atoms with Gasteiger partial charge in [0.15, 0.2) is 0 Å². The van der Waals surface area contributed by atoms with Crippen LogP contribution in [0.5, 0.6) is 11.5 Å². The number of hydrogen-bond acceptors (Lipinski definition) is 4. The van der Waals surface area contributed by atoms with E-state index in [4.69, 9.17) is 9.47 Å². The Morgan fingerprint density at radius 1 is 0.800 bits per heavy atom. The normalized spacial score (nSPS) is 13.3. The SMILES string of the molecule is C=CC[C@H](C)[C@@H](Cc1ccccc1)S(=O)(=O)N(Cc1ccc(OC)cc1)Cc1ccc(OC)cc1. The van der Waals surface area contributed by atoms with Crippen molar-refractivity contribution in [3.8, 4) is 11.5 Å². The average molecular weight is 494 g/mol. The van der Waals surface area contributed by atoms with Crippen molar-refractivity contribution in [2.75, 3.05) is 14.2 Å². The van der Waals surface area contributed by atoms with Crippen LogP contribution in [0.4, 0.5) is 0 Å². The van der Waals surface area contributed by atoms with Crippen molar-refractivity contribution >= 4 is 10.0 Å². The van der Waals surface area contributed by atoms with Gasteiger partial charge in [0, 0.05) is 13.1 Å². The van der Waals surface area contributed by atoms with Crippen LogP contribution < -0.4 is 9.47 Å². The summed E-state index contributed by atoms with van der Waals surface area (Å²) in [5.74, 6) is 1.38. The molecule has 3 aromatic carbocycles. The number of sulfonamides is 1. The number of rotatable bonds is 13. The Bertz CT molecular complexity index is 1110. The molecule has 0 aromatic heterocycles. The second-order valence-electron chi connectivity index (χ2n) is 8.74. The van der Waals surface area contributed by atoms with Crippen molar-refractivity contribution in [2.24, 2.45) is 5.92 Å². The summed E-state index contributed by atoms with van der Waals surface area (Å²) in [5.41, 5.74) is 2.81. The molecule has 3 aromatic rings. The number of nitrogens with zero attached hydrogens (tertiary/aromatic N) is 1. The molecule has 0 heterocycles. The van der Waals surface area contributed by atoms with Gasteiger partial charge in [0.05, 0.1) is 19.5 Å². The summed E-state index contributed by atoms with van der Waals surface area (Å²) in [7, 11) is -0.456. The molecule has 0 saturated heterocycles. The van der Waals surface area contributed by atoms with Gasteiger partial charge < -0.3 is 9.47 Å². The fourth-order valence-corrected chi connectivity index (χ4v) is 6.30. The maximum absolute atomic E-state index is 14.2. The third kappa shape index (κ3) is 7.20. The number of ether oxygens (including phenoxy) is 2. The van der Waals surface area contributed by atoms with Gasteiger partial charge in [-0.25, -0.2) is 8.42 Å². The quantitative estimate of drug-likeness (QED) is 0.280. The van der Waals surface area contributed by atoms with E-state index in [-0.39, 0.29) is 19.0 Å². The van der Waals surface area contributed by atoms with Gasteiger partial charge in [-0.15, -0.1) is 6.58 Å². The number of methoxy groups -OCH3 is 2. The highest BCUT2D eigenvalue weighted by Gasteiger charge is 2.35. The molecule has 0 aliphatic rings. The Labute approximate surface area is 210 Å². The Morgan fingerprint density at radius 3 is 1.71 bits per heavy atom. The second-order valence-corrected chi connectivity index (χ2v) is 10.9. The summed E-state index contributed by atoms with van der Waals surface area (Å²) in [5, 5.41) is -0.584. The molecule has 35 heavy (non-hydrogen) atoms. The lowest BCUT2D eigenvalue weighted by Crippen LogP contribution is -2.42. The van der Waals surface area contributed by atoms with Crippen molar-refractivity contribution < 1.29 is 17.9 Å². The minimum Gasteiger partial charge on any atom is -0.497 e. The Morgan fingerprint density at radius 2 is 1.29 bits per heavy atom. The highest BCUT2D eigenvalue weighted by molar-refractivity contribution is 7.89. The predicted octanol–water partition coefficient (Wildman–Crippen LogP) is 5.86. The molecule has 0 N–H and O–H groups in total. The van der Waals surface area contributed by atoms with Crippen molar-refractivity contribution in [3.05, 3.63) is 108 Å². The largest absolute Gasteiger partial charge is 0.497 e. The molecular weight excluding hydrogens is 458 g/mol. The van der Waals surface area contributed by atoms with E-state index < -0.39 is 15.3 Å². The maximum atomic E-state index is 14.2. The van der Waals surface area contributed by atoms with Crippen LogP contribution in [0.3, 0.4) is 0 Å². The maximum Gasteiger partial charge on any atom is 0.218 e. The molecule has 0 amide bonds. The molecule has 0 fully saturated rings. The number of hydrogen-bond donors (Lipinski definition) is 0. The van der Waals surface area contributed by atoms with Crippen LogP contribution in [-0.2, 0) is 29.5 Å². The first kappa shape index (κ1) is 26.5. The standard InChI is InChI=1S/C29H35NO4S/c1-5-9-23(2)29(20-24-10-7-6-8-11-24)35(31,32)30(21-25-12-16-27(33-3)17-13-25)22-26-14-18-28(34-4)19-15-26/h5-8,10-19,23,29H,1,9,20-22H2,2-4H3/t23-,29+/m0/s1. The van der Waals surface area contributed by atoms with Crippen molar-refractivity contribution in [1.82, 2.24) is 4.31 Å². The fraction of sp³-hybridized carbons (Fsp3) is 0.310. The van der Waals surface area contributed by atoms with Gasteiger partial charge in [-0.3, -0.25) is 0 Å². The van der Waals surface area contributed by atoms with E-state index in [9.17, 15) is 8.42 Å². The van der Waals surface area contributed by atoms with Crippen LogP contribution in [0.1, 0.15) is 30.0 Å². The highest BCUT2D eigenvalue weighted by Crippen LogP contribution is 2.28. The van der Waals surface area contributed by atoms with Crippen LogP contribution in [-0.4, -0.2) is 32.2 Å². The number of allylic oxidation sites excluding steroid dienone is 1. The molecule has 2 atom stereocenters. The molecule has 5 nitrogen and oxygen atoms in total. The Balaban J connectivity index is 1.98. The van der Waals surface area contributed by atoms with Gasteiger partial charge in [-0.1, -0.05) is 67.6 Å². The summed E-state index contributed by atoms with van der Waals surface area (Å²) in [6.45, 7) is 6.38. The van der Waals surface area contributed by atoms with Gasteiger partial charge >= 0.3 is 0 Å². The molecular formula is C29H35NO4S. The molecule has 0 unspecified atom stereocenters. The van der Waals surface area contributed by atoms with Gasteiger partial charge in [0.25, 0.3) is 0 Å². The van der Waals surface area contributed by atoms with Crippen LogP contribution >= 0.6 is 0 Å². The zero-order valence-corrected chi connectivity index (χ0v) is 21.6. The van der Waals surface area contributed by atoms with Crippen molar-refractivity contribution in [2.45, 2.75) is 38.1 Å². The minimum absolute atomic E-state index is 0.0908. The van der Waals surface area contributed by atoms with E-state index in [2.05, 4.69) is 6.58 Å². The molecule has 0 aliphatic heterocycles. The first-order valence-electron chi connectivity index (χ1n) is 11.8. The van der Waals surface area contributed by atoms with Gasteiger partial charge in [-0.05, 0) is 59.7 Å². The van der Waals surface area contributed by atoms with Crippen LogP contribution in [0.2, 0.25) is 0 Å². The Kier molecular flexibility index (Phi) is 9.52. The van der Waals surface area contributed by atoms with E-state index in [0.717, 1.165) is 28.2 Å². The minimum atomic E-state index is -3.69. The van der Waals surface area contributed by atoms with Crippen molar-refractivity contribution in [3.63, 3.8) is 0 Å². The fourth-order valence-electron chi connectivity index (χ4n) is 4.16. The van der Waals surface area contributed by atoms with Gasteiger partial charge in [0.2, 0.25) is 10.0 Å². The third-order valence-corrected chi connectivity index (χ3v) is 8.61. The topological polar surface area (TPSA) is 55.8 Å². The molecule has 0 radical (unpaired) electrons. The molecule has 3 rings (SSSR count). The lowest BCUT2D eigenvalue weighted by Gasteiger charge is -2.31. The van der Waals surface area contributed by atoms with Crippen LogP contribution in [0.25, 0.3) is 0 Å². The molecule has 0 bridgehead atoms. The van der Waals surface area contributed by atoms with Gasteiger partial charge in [0.1, 0.15) is 11.5 Å². The molecule has 0 spiro atoms. The summed E-state index contributed by atoms with van der Waals surface area (Å²) in [4.78, 5) is 0. The van der Waals surface area contributed by atoms with E-state index in [1.54, 1.807) is 24.6 Å². The first-order chi connectivity index (χ1) is 16.9. The van der Waals surface area contributed by atoms with Crippen LogP contribution in [0.15, 0.2) is 91.5 Å². The zero-order valence-electron chi connectivity index (χ0n) is 20.8. The van der Waals surface area contributed by atoms with E-state index in [1.165, 1.54) is 0 Å². The molecule has 0 aliphatic carbocycles. The summed E-state index contributed by atoms with van der Waals surface area (Å²) in [6.07, 6.45) is 2.87. The lowest BCUT2D eigenvalue weighted by molar-refractivity contribution is 0.377. The Hall–Kier alpha value is -3.09. The predicted molar refractivity (Wildman–Crippen MR) is 142 cm³/mol. The molecule has 6 heteroatoms. The van der Waals surface area contributed by atoms with Crippen LogP contribution in [0, 0.1) is 5.92 Å². The van der Waals surface area contributed by atoms with E-state index in [1.807, 2.05) is 85.8 Å². The second kappa shape index (κ2) is 12.6. The molecule has 186 valence electrons. The smallest absolute Gasteiger partial charge is 0.218 e. The van der Waals surface area contributed by atoms with E-state index in [0.29, 0.717) is 12.8 Å². The zero-order chi connectivity index (χ0) is 25.3. The van der Waals surface area contributed by atoms with Gasteiger partial charge in [-0.2, -0.15) is 4.31 Å². The summed E-state index contributed by atoms with van der Waals surface area (Å²) >= 11 is 0.